The highest BCUT2D eigenvalue weighted by Gasteiger charge is 2.08. The summed E-state index contributed by atoms with van der Waals surface area (Å²) in [6.07, 6.45) is 1.11. The van der Waals surface area contributed by atoms with Gasteiger partial charge in [-0.1, -0.05) is 37.6 Å². The molecule has 0 saturated carbocycles. The van der Waals surface area contributed by atoms with Gasteiger partial charge in [0.1, 0.15) is 11.5 Å². The van der Waals surface area contributed by atoms with Crippen LogP contribution in [0.15, 0.2) is 42.5 Å². The van der Waals surface area contributed by atoms with Gasteiger partial charge in [-0.3, -0.25) is 4.79 Å². The Balaban J connectivity index is 2.16. The highest BCUT2D eigenvalue weighted by molar-refractivity contribution is 6.32. The monoisotopic (exact) mass is 302 g/mol. The van der Waals surface area contributed by atoms with E-state index < -0.39 is 0 Å². The minimum Gasteiger partial charge on any atom is -0.456 e. The van der Waals surface area contributed by atoms with E-state index in [0.29, 0.717) is 22.3 Å². The fourth-order valence-corrected chi connectivity index (χ4v) is 2.25. The van der Waals surface area contributed by atoms with Crippen molar-refractivity contribution in [1.82, 2.24) is 0 Å². The second-order valence-electron chi connectivity index (χ2n) is 5.18. The van der Waals surface area contributed by atoms with Crippen LogP contribution in [0, 0.1) is 0 Å². The Labute approximate surface area is 130 Å². The van der Waals surface area contributed by atoms with Crippen molar-refractivity contribution in [2.75, 3.05) is 0 Å². The molecule has 0 radical (unpaired) electrons. The van der Waals surface area contributed by atoms with Gasteiger partial charge in [-0.25, -0.2) is 0 Å². The van der Waals surface area contributed by atoms with Gasteiger partial charge in [-0.05, 0) is 55.2 Å². The molecule has 0 bridgehead atoms. The largest absolute Gasteiger partial charge is 0.456 e. The molecular formula is C18H19ClO2. The second-order valence-corrected chi connectivity index (χ2v) is 5.59. The number of hydrogen-bond acceptors (Lipinski definition) is 2. The number of ketones is 1. The summed E-state index contributed by atoms with van der Waals surface area (Å²) in [5.74, 6) is 1.82. The number of carbonyl (C=O) groups excluding carboxylic acids is 1. The van der Waals surface area contributed by atoms with E-state index in [4.69, 9.17) is 16.3 Å². The third-order valence-corrected chi connectivity index (χ3v) is 3.92. The van der Waals surface area contributed by atoms with Crippen molar-refractivity contribution < 1.29 is 9.53 Å². The van der Waals surface area contributed by atoms with Gasteiger partial charge in [-0.15, -0.1) is 0 Å². The maximum absolute atomic E-state index is 11.3. The normalized spacial score (nSPS) is 12.0. The zero-order chi connectivity index (χ0) is 15.4. The predicted molar refractivity (Wildman–Crippen MR) is 86.7 cm³/mol. The van der Waals surface area contributed by atoms with E-state index in [0.717, 1.165) is 12.2 Å². The summed E-state index contributed by atoms with van der Waals surface area (Å²) < 4.78 is 5.77. The van der Waals surface area contributed by atoms with Crippen LogP contribution >= 0.6 is 11.6 Å². The quantitative estimate of drug-likeness (QED) is 0.648. The van der Waals surface area contributed by atoms with Crippen LogP contribution in [0.4, 0.5) is 0 Å². The molecule has 0 heterocycles. The van der Waals surface area contributed by atoms with E-state index >= 15 is 0 Å². The first-order valence-corrected chi connectivity index (χ1v) is 7.47. The molecule has 0 fully saturated rings. The lowest BCUT2D eigenvalue weighted by Crippen LogP contribution is -1.94. The number of benzene rings is 2. The van der Waals surface area contributed by atoms with Crippen LogP contribution in [0.25, 0.3) is 0 Å². The molecule has 2 nitrogen and oxygen atoms in total. The molecule has 1 unspecified atom stereocenters. The molecule has 3 heteroatoms. The van der Waals surface area contributed by atoms with Crippen LogP contribution in [0.5, 0.6) is 11.5 Å². The Bertz CT molecular complexity index is 632. The number of hydrogen-bond donors (Lipinski definition) is 0. The van der Waals surface area contributed by atoms with Gasteiger partial charge in [0.05, 0.1) is 5.02 Å². The zero-order valence-corrected chi connectivity index (χ0v) is 13.3. The lowest BCUT2D eigenvalue weighted by Gasteiger charge is -2.11. The molecule has 0 aliphatic carbocycles. The summed E-state index contributed by atoms with van der Waals surface area (Å²) in [7, 11) is 0. The molecule has 0 N–H and O–H groups in total. The van der Waals surface area contributed by atoms with Crippen molar-refractivity contribution >= 4 is 17.4 Å². The summed E-state index contributed by atoms with van der Waals surface area (Å²) in [6, 6.07) is 13.1. The van der Waals surface area contributed by atoms with Crippen molar-refractivity contribution in [3.8, 4) is 11.5 Å². The molecule has 0 spiro atoms. The molecule has 1 atom stereocenters. The number of Topliss-reactive ketones (excluding diaryl/α,β-unsaturated/α-hetero) is 1. The number of carbonyl (C=O) groups is 1. The van der Waals surface area contributed by atoms with Gasteiger partial charge < -0.3 is 4.74 Å². The predicted octanol–water partition coefficient (Wildman–Crippen LogP) is 5.85. The van der Waals surface area contributed by atoms with Gasteiger partial charge in [0.25, 0.3) is 0 Å². The highest BCUT2D eigenvalue weighted by atomic mass is 35.5. The Morgan fingerprint density at radius 1 is 1.19 bits per heavy atom. The van der Waals surface area contributed by atoms with E-state index in [1.165, 1.54) is 12.5 Å². The average Bonchev–Trinajstić information content (AvgIpc) is 2.49. The van der Waals surface area contributed by atoms with Crippen molar-refractivity contribution in [3.05, 3.63) is 58.6 Å². The Morgan fingerprint density at radius 2 is 1.86 bits per heavy atom. The van der Waals surface area contributed by atoms with Gasteiger partial charge >= 0.3 is 0 Å². The van der Waals surface area contributed by atoms with Crippen LogP contribution in [-0.4, -0.2) is 5.78 Å². The molecule has 0 aromatic heterocycles. The molecule has 2 rings (SSSR count). The maximum atomic E-state index is 11.3. The number of rotatable bonds is 5. The lowest BCUT2D eigenvalue weighted by molar-refractivity contribution is 0.101. The summed E-state index contributed by atoms with van der Waals surface area (Å²) in [5.41, 5.74) is 1.88. The maximum Gasteiger partial charge on any atom is 0.159 e. The van der Waals surface area contributed by atoms with Gasteiger partial charge in [0.15, 0.2) is 5.78 Å². The third-order valence-electron chi connectivity index (χ3n) is 3.63. The van der Waals surface area contributed by atoms with Crippen LogP contribution in [0.3, 0.4) is 0 Å². The summed E-state index contributed by atoms with van der Waals surface area (Å²) in [5, 5.41) is 0.439. The highest BCUT2D eigenvalue weighted by Crippen LogP contribution is 2.31. The fourth-order valence-electron chi connectivity index (χ4n) is 2.03. The molecule has 2 aromatic carbocycles. The Morgan fingerprint density at radius 3 is 2.38 bits per heavy atom. The third kappa shape index (κ3) is 3.85. The molecule has 2 aromatic rings. The lowest BCUT2D eigenvalue weighted by atomic mass is 9.99. The van der Waals surface area contributed by atoms with E-state index in [1.807, 2.05) is 12.1 Å². The van der Waals surface area contributed by atoms with Gasteiger partial charge in [-0.2, -0.15) is 0 Å². The molecule has 0 saturated heterocycles. The van der Waals surface area contributed by atoms with Crippen LogP contribution < -0.4 is 4.74 Å². The standard InChI is InChI=1S/C18H19ClO2/c1-4-12(2)14-5-8-16(9-6-14)21-18-10-7-15(13(3)20)11-17(18)19/h5-12H,4H2,1-3H3. The van der Waals surface area contributed by atoms with Crippen molar-refractivity contribution in [2.24, 2.45) is 0 Å². The van der Waals surface area contributed by atoms with E-state index in [-0.39, 0.29) is 5.78 Å². The average molecular weight is 303 g/mol. The molecule has 0 aliphatic rings. The van der Waals surface area contributed by atoms with Crippen molar-refractivity contribution in [3.63, 3.8) is 0 Å². The summed E-state index contributed by atoms with van der Waals surface area (Å²) in [4.78, 5) is 11.3. The Kier molecular flexibility index (Phi) is 5.03. The zero-order valence-electron chi connectivity index (χ0n) is 12.5. The molecule has 0 aliphatic heterocycles. The molecule has 0 amide bonds. The molecule has 21 heavy (non-hydrogen) atoms. The van der Waals surface area contributed by atoms with Gasteiger partial charge in [0.2, 0.25) is 0 Å². The SMILES string of the molecule is CCC(C)c1ccc(Oc2ccc(C(C)=O)cc2Cl)cc1. The first kappa shape index (κ1) is 15.6. The minimum atomic E-state index is -0.0126. The second kappa shape index (κ2) is 6.77. The fraction of sp³-hybridized carbons (Fsp3) is 0.278. The summed E-state index contributed by atoms with van der Waals surface area (Å²) >= 11 is 6.15. The van der Waals surface area contributed by atoms with Gasteiger partial charge in [0, 0.05) is 5.56 Å². The van der Waals surface area contributed by atoms with Crippen LogP contribution in [0.1, 0.15) is 49.0 Å². The van der Waals surface area contributed by atoms with Crippen molar-refractivity contribution in [2.45, 2.75) is 33.1 Å². The number of halogens is 1. The molecular weight excluding hydrogens is 284 g/mol. The topological polar surface area (TPSA) is 26.3 Å². The van der Waals surface area contributed by atoms with E-state index in [2.05, 4.69) is 26.0 Å². The first-order chi connectivity index (χ1) is 10.0. The molecule has 110 valence electrons. The Hall–Kier alpha value is -1.80. The minimum absolute atomic E-state index is 0.0126. The smallest absolute Gasteiger partial charge is 0.159 e. The van der Waals surface area contributed by atoms with E-state index in [9.17, 15) is 4.79 Å². The summed E-state index contributed by atoms with van der Waals surface area (Å²) in [6.45, 7) is 5.89. The first-order valence-electron chi connectivity index (χ1n) is 7.09. The van der Waals surface area contributed by atoms with Crippen LogP contribution in [-0.2, 0) is 0 Å². The van der Waals surface area contributed by atoms with E-state index in [1.54, 1.807) is 18.2 Å². The number of ether oxygens (including phenoxy) is 1. The van der Waals surface area contributed by atoms with Crippen molar-refractivity contribution in [1.29, 1.82) is 0 Å². The van der Waals surface area contributed by atoms with Crippen LogP contribution in [0.2, 0.25) is 5.02 Å².